The van der Waals surface area contributed by atoms with Crippen LogP contribution in [0.4, 0.5) is 0 Å². The van der Waals surface area contributed by atoms with E-state index in [1.807, 2.05) is 20.1 Å². The molecule has 0 amide bonds. The zero-order valence-corrected chi connectivity index (χ0v) is 26.3. The average Bonchev–Trinajstić information content (AvgIpc) is 3.69. The molecule has 2 aliphatic heterocycles. The zero-order valence-electron chi connectivity index (χ0n) is 26.3. The van der Waals surface area contributed by atoms with Crippen molar-refractivity contribution in [2.45, 2.75) is 101 Å². The summed E-state index contributed by atoms with van der Waals surface area (Å²) in [7, 11) is 3.42. The molecule has 1 unspecified atom stereocenters. The molecule has 7 aliphatic rings. The minimum atomic E-state index is -0.971. The Bertz CT molecular complexity index is 1250. The highest BCUT2D eigenvalue weighted by Crippen LogP contribution is 2.78. The highest BCUT2D eigenvalue weighted by molar-refractivity contribution is 5.76. The van der Waals surface area contributed by atoms with Gasteiger partial charge in [-0.3, -0.25) is 4.90 Å². The van der Waals surface area contributed by atoms with Crippen molar-refractivity contribution >= 4 is 5.97 Å². The third kappa shape index (κ3) is 3.74. The predicted molar refractivity (Wildman–Crippen MR) is 157 cm³/mol. The van der Waals surface area contributed by atoms with Gasteiger partial charge in [0, 0.05) is 49.1 Å². The van der Waals surface area contributed by atoms with Crippen molar-refractivity contribution in [3.8, 4) is 11.5 Å². The fourth-order valence-electron chi connectivity index (χ4n) is 10.1. The molecule has 1 aromatic rings. The van der Waals surface area contributed by atoms with E-state index in [1.54, 1.807) is 7.11 Å². The van der Waals surface area contributed by atoms with Crippen molar-refractivity contribution < 1.29 is 33.6 Å². The molecule has 0 radical (unpaired) electrons. The van der Waals surface area contributed by atoms with Crippen LogP contribution in [0.5, 0.6) is 11.5 Å². The summed E-state index contributed by atoms with van der Waals surface area (Å²) >= 11 is 0. The summed E-state index contributed by atoms with van der Waals surface area (Å²) in [5.41, 5.74) is 0.308. The summed E-state index contributed by atoms with van der Waals surface area (Å²) in [5.74, 6) is 1.45. The lowest BCUT2D eigenvalue weighted by Gasteiger charge is -2.75. The maximum Gasteiger partial charge on any atom is 0.337 e. The molecule has 7 atom stereocenters. The first-order chi connectivity index (χ1) is 19.9. The molecule has 232 valence electrons. The van der Waals surface area contributed by atoms with Crippen molar-refractivity contribution in [2.24, 2.45) is 22.7 Å². The topological polar surface area (TPSA) is 86.7 Å². The van der Waals surface area contributed by atoms with Gasteiger partial charge < -0.3 is 28.8 Å². The molecule has 8 rings (SSSR count). The summed E-state index contributed by atoms with van der Waals surface area (Å²) in [5, 5.41) is 12.4. The molecule has 0 aromatic heterocycles. The zero-order chi connectivity index (χ0) is 29.7. The number of methoxy groups -OCH3 is 2. The van der Waals surface area contributed by atoms with Gasteiger partial charge in [-0.2, -0.15) is 0 Å². The number of nitrogens with zero attached hydrogens (tertiary/aromatic N) is 1. The van der Waals surface area contributed by atoms with Crippen LogP contribution in [0.25, 0.3) is 0 Å². The van der Waals surface area contributed by atoms with Crippen LogP contribution in [0.3, 0.4) is 0 Å². The van der Waals surface area contributed by atoms with Crippen molar-refractivity contribution in [3.05, 3.63) is 23.3 Å². The Kier molecular flexibility index (Phi) is 6.66. The van der Waals surface area contributed by atoms with Crippen molar-refractivity contribution in [2.75, 3.05) is 47.1 Å². The van der Waals surface area contributed by atoms with Crippen LogP contribution >= 0.6 is 0 Å². The number of carbonyl (C=O) groups excluding carboxylic acids is 1. The van der Waals surface area contributed by atoms with Crippen LogP contribution in [-0.4, -0.2) is 86.5 Å². The molecule has 1 aromatic carbocycles. The quantitative estimate of drug-likeness (QED) is 0.248. The van der Waals surface area contributed by atoms with Gasteiger partial charge in [-0.15, -0.1) is 0 Å². The molecule has 5 fully saturated rings. The van der Waals surface area contributed by atoms with E-state index in [2.05, 4.69) is 31.7 Å². The van der Waals surface area contributed by atoms with Crippen LogP contribution in [0.1, 0.15) is 77.3 Å². The number of aliphatic hydroxyl groups is 1. The molecule has 8 heteroatoms. The number of benzene rings is 1. The first kappa shape index (κ1) is 29.0. The number of hydrogen-bond acceptors (Lipinski definition) is 8. The smallest absolute Gasteiger partial charge is 0.337 e. The Hall–Kier alpha value is -1.71. The Morgan fingerprint density at radius 2 is 1.90 bits per heavy atom. The fourth-order valence-corrected chi connectivity index (χ4v) is 10.1. The van der Waals surface area contributed by atoms with Crippen LogP contribution in [0, 0.1) is 22.7 Å². The predicted octanol–water partition coefficient (Wildman–Crippen LogP) is 4.28. The number of carbonyl (C=O) groups is 1. The van der Waals surface area contributed by atoms with E-state index < -0.39 is 17.2 Å². The van der Waals surface area contributed by atoms with Crippen LogP contribution in [-0.2, 0) is 30.8 Å². The minimum Gasteiger partial charge on any atom is -0.482 e. The Labute approximate surface area is 250 Å². The standard InChI is InChI=1S/C34H49NO7/c1-30(2,3)31(4,37)24-18-32-11-12-34(24,39-6)29-33(32)13-14-35(19-21-7-8-21)25(32)17-22-9-10-23(28(42-29)27(22)33)41-26(36)20-40-16-15-38-5/h9-10,21,24-25,29,37H,7-8,11-20H2,1-6H3/t24-,25-,29-,31+,32?,33+,34+/m1/s1. The molecule has 2 spiro atoms. The van der Waals surface area contributed by atoms with E-state index in [4.69, 9.17) is 23.7 Å². The Morgan fingerprint density at radius 3 is 2.60 bits per heavy atom. The first-order valence-electron chi connectivity index (χ1n) is 16.1. The van der Waals surface area contributed by atoms with Gasteiger partial charge in [0.05, 0.1) is 18.8 Å². The van der Waals surface area contributed by atoms with E-state index in [0.29, 0.717) is 30.8 Å². The van der Waals surface area contributed by atoms with Crippen LogP contribution in [0.15, 0.2) is 12.1 Å². The van der Waals surface area contributed by atoms with Crippen LogP contribution < -0.4 is 9.47 Å². The molecule has 4 bridgehead atoms. The maximum atomic E-state index is 12.9. The second-order valence-corrected chi connectivity index (χ2v) is 15.3. The molecule has 8 nitrogen and oxygen atoms in total. The van der Waals surface area contributed by atoms with Crippen molar-refractivity contribution in [1.82, 2.24) is 4.90 Å². The molecular weight excluding hydrogens is 534 g/mol. The highest BCUT2D eigenvalue weighted by atomic mass is 16.6. The largest absolute Gasteiger partial charge is 0.482 e. The van der Waals surface area contributed by atoms with Gasteiger partial charge >= 0.3 is 5.97 Å². The number of likely N-dealkylation sites (tertiary alicyclic amines) is 1. The third-order valence-corrected chi connectivity index (χ3v) is 12.7. The minimum absolute atomic E-state index is 0.0465. The highest BCUT2D eigenvalue weighted by Gasteiger charge is 2.82. The van der Waals surface area contributed by atoms with E-state index in [0.717, 1.165) is 44.6 Å². The summed E-state index contributed by atoms with van der Waals surface area (Å²) in [6, 6.07) is 4.48. The number of rotatable bonds is 10. The molecule has 1 saturated heterocycles. The van der Waals surface area contributed by atoms with Gasteiger partial charge in [-0.05, 0) is 81.4 Å². The molecule has 2 heterocycles. The lowest BCUT2D eigenvalue weighted by Crippen LogP contribution is -2.83. The Balaban J connectivity index is 1.35. The molecule has 5 aliphatic carbocycles. The normalized spacial score (nSPS) is 37.6. The summed E-state index contributed by atoms with van der Waals surface area (Å²) in [6.07, 6.45) is 7.20. The number of hydrogen-bond donors (Lipinski definition) is 1. The summed E-state index contributed by atoms with van der Waals surface area (Å²) in [4.78, 5) is 15.7. The lowest BCUT2D eigenvalue weighted by molar-refractivity contribution is -0.312. The molecule has 1 N–H and O–H groups in total. The van der Waals surface area contributed by atoms with E-state index >= 15 is 0 Å². The van der Waals surface area contributed by atoms with Crippen molar-refractivity contribution in [1.29, 1.82) is 0 Å². The number of esters is 1. The van der Waals surface area contributed by atoms with E-state index in [-0.39, 0.29) is 34.9 Å². The number of fused-ring (bicyclic) bond motifs is 2. The fraction of sp³-hybridized carbons (Fsp3) is 0.794. The van der Waals surface area contributed by atoms with Gasteiger partial charge in [-0.25, -0.2) is 4.79 Å². The number of ether oxygens (including phenoxy) is 5. The molecule has 42 heavy (non-hydrogen) atoms. The van der Waals surface area contributed by atoms with Crippen LogP contribution in [0.2, 0.25) is 0 Å². The lowest BCUT2D eigenvalue weighted by atomic mass is 9.33. The maximum absolute atomic E-state index is 12.9. The van der Waals surface area contributed by atoms with Gasteiger partial charge in [0.15, 0.2) is 11.5 Å². The summed E-state index contributed by atoms with van der Waals surface area (Å²) in [6.45, 7) is 11.3. The third-order valence-electron chi connectivity index (χ3n) is 12.7. The van der Waals surface area contributed by atoms with E-state index in [1.165, 1.54) is 30.5 Å². The van der Waals surface area contributed by atoms with Gasteiger partial charge in [-0.1, -0.05) is 26.8 Å². The molecular formula is C34H49NO7. The molecule has 4 saturated carbocycles. The average molecular weight is 584 g/mol. The number of piperidine rings is 1. The van der Waals surface area contributed by atoms with E-state index in [9.17, 15) is 9.90 Å². The SMILES string of the molecule is COCCOCC(=O)Oc1ccc2c3c1O[C@H]1[C@]4(OC)CCC5(C[C@@H]4[C@](C)(O)C(C)(C)C)[C@@H](C2)N(CC2CC2)CC[C@]315. The Morgan fingerprint density at radius 1 is 1.12 bits per heavy atom. The second-order valence-electron chi connectivity index (χ2n) is 15.3. The van der Waals surface area contributed by atoms with Gasteiger partial charge in [0.2, 0.25) is 0 Å². The monoisotopic (exact) mass is 583 g/mol. The van der Waals surface area contributed by atoms with Gasteiger partial charge in [0.1, 0.15) is 18.3 Å². The second kappa shape index (κ2) is 9.64. The summed E-state index contributed by atoms with van der Waals surface area (Å²) < 4.78 is 30.2. The van der Waals surface area contributed by atoms with Gasteiger partial charge in [0.25, 0.3) is 0 Å². The first-order valence-corrected chi connectivity index (χ1v) is 16.1. The van der Waals surface area contributed by atoms with Crippen molar-refractivity contribution in [3.63, 3.8) is 0 Å².